The summed E-state index contributed by atoms with van der Waals surface area (Å²) in [7, 11) is -3.83. The summed E-state index contributed by atoms with van der Waals surface area (Å²) in [6.45, 7) is 2.26. The molecule has 0 bridgehead atoms. The van der Waals surface area contributed by atoms with Crippen LogP contribution in [-0.4, -0.2) is 36.5 Å². The number of amidine groups is 1. The van der Waals surface area contributed by atoms with E-state index in [1.165, 1.54) is 29.1 Å². The highest BCUT2D eigenvalue weighted by Gasteiger charge is 2.20. The lowest BCUT2D eigenvalue weighted by Gasteiger charge is -2.11. The summed E-state index contributed by atoms with van der Waals surface area (Å²) in [4.78, 5) is 17.2. The summed E-state index contributed by atoms with van der Waals surface area (Å²) in [5.41, 5.74) is 1.24. The number of benzene rings is 2. The summed E-state index contributed by atoms with van der Waals surface area (Å²) in [6.07, 6.45) is 4.78. The minimum atomic E-state index is -3.83. The molecule has 1 aromatic heterocycles. The molecule has 0 unspecified atom stereocenters. The molecule has 4 rings (SSSR count). The predicted molar refractivity (Wildman–Crippen MR) is 124 cm³/mol. The van der Waals surface area contributed by atoms with Crippen molar-refractivity contribution >= 4 is 27.5 Å². The van der Waals surface area contributed by atoms with Crippen molar-refractivity contribution in [1.29, 1.82) is 0 Å². The zero-order chi connectivity index (χ0) is 23.4. The largest absolute Gasteiger partial charge is 0.322 e. The van der Waals surface area contributed by atoms with Gasteiger partial charge >= 0.3 is 0 Å². The average Bonchev–Trinajstić information content (AvgIpc) is 2.99. The number of amides is 1. The lowest BCUT2D eigenvalue weighted by molar-refractivity contribution is 0.102. The first-order valence-electron chi connectivity index (χ1n) is 10.6. The van der Waals surface area contributed by atoms with Crippen molar-refractivity contribution in [2.45, 2.75) is 37.5 Å². The number of rotatable bonds is 5. The standard InChI is InChI=1S/C23H24FN5O3S/c1-16-19(15-26-29(16)21-11-5-4-10-20(21)24)23(30)27-17-8-7-9-18(14-17)33(31,32)28-22-12-3-2-6-13-25-22/h4-5,7-11,14-15H,2-3,6,12-13H2,1H3,(H,25,28)(H,27,30). The van der Waals surface area contributed by atoms with Crippen LogP contribution >= 0.6 is 0 Å². The van der Waals surface area contributed by atoms with Gasteiger partial charge in [0.25, 0.3) is 15.9 Å². The van der Waals surface area contributed by atoms with Crippen molar-refractivity contribution in [3.8, 4) is 5.69 Å². The smallest absolute Gasteiger partial charge is 0.262 e. The van der Waals surface area contributed by atoms with Crippen molar-refractivity contribution in [3.05, 3.63) is 71.8 Å². The molecule has 0 atom stereocenters. The Bertz CT molecular complexity index is 1320. The second-order valence-corrected chi connectivity index (χ2v) is 9.42. The zero-order valence-electron chi connectivity index (χ0n) is 18.1. The Kier molecular flexibility index (Phi) is 6.55. The van der Waals surface area contributed by atoms with E-state index >= 15 is 0 Å². The molecule has 2 aromatic carbocycles. The van der Waals surface area contributed by atoms with Crippen LogP contribution < -0.4 is 10.0 Å². The van der Waals surface area contributed by atoms with Gasteiger partial charge in [-0.2, -0.15) is 5.10 Å². The highest BCUT2D eigenvalue weighted by Crippen LogP contribution is 2.20. The molecular weight excluding hydrogens is 445 g/mol. The van der Waals surface area contributed by atoms with Gasteiger partial charge in [-0.15, -0.1) is 0 Å². The molecule has 0 fully saturated rings. The van der Waals surface area contributed by atoms with Gasteiger partial charge in [0.05, 0.1) is 22.3 Å². The number of anilines is 1. The van der Waals surface area contributed by atoms with Gasteiger partial charge in [0.1, 0.15) is 17.3 Å². The number of sulfonamides is 1. The Labute approximate surface area is 191 Å². The number of carbonyl (C=O) groups is 1. The second kappa shape index (κ2) is 9.53. The van der Waals surface area contributed by atoms with Crippen LogP contribution in [0, 0.1) is 12.7 Å². The van der Waals surface area contributed by atoms with E-state index in [4.69, 9.17) is 0 Å². The third-order valence-electron chi connectivity index (χ3n) is 5.36. The topological polar surface area (TPSA) is 105 Å². The van der Waals surface area contributed by atoms with Gasteiger partial charge in [0.2, 0.25) is 0 Å². The highest BCUT2D eigenvalue weighted by molar-refractivity contribution is 7.90. The molecule has 172 valence electrons. The van der Waals surface area contributed by atoms with Gasteiger partial charge in [-0.3, -0.25) is 14.5 Å². The third-order valence-corrected chi connectivity index (χ3v) is 6.74. The summed E-state index contributed by atoms with van der Waals surface area (Å²) in [6, 6.07) is 12.1. The number of para-hydroxylation sites is 1. The molecule has 8 nitrogen and oxygen atoms in total. The van der Waals surface area contributed by atoms with Crippen LogP contribution in [0.1, 0.15) is 41.7 Å². The number of nitrogens with one attached hydrogen (secondary N) is 2. The number of aliphatic imine (C=N–C) groups is 1. The van der Waals surface area contributed by atoms with Gasteiger partial charge in [-0.25, -0.2) is 17.5 Å². The molecule has 33 heavy (non-hydrogen) atoms. The first-order valence-corrected chi connectivity index (χ1v) is 12.1. The minimum Gasteiger partial charge on any atom is -0.322 e. The fourth-order valence-electron chi connectivity index (χ4n) is 3.61. The Morgan fingerprint density at radius 2 is 1.91 bits per heavy atom. The Hall–Kier alpha value is -3.53. The highest BCUT2D eigenvalue weighted by atomic mass is 32.2. The van der Waals surface area contributed by atoms with Gasteiger partial charge in [-0.05, 0) is 50.1 Å². The molecule has 0 saturated carbocycles. The molecule has 0 saturated heterocycles. The molecule has 1 aliphatic rings. The molecular formula is C23H24FN5O3S. The predicted octanol–water partition coefficient (Wildman–Crippen LogP) is 3.82. The monoisotopic (exact) mass is 469 g/mol. The molecule has 10 heteroatoms. The second-order valence-electron chi connectivity index (χ2n) is 7.73. The fraction of sp³-hybridized carbons (Fsp3) is 0.261. The molecule has 2 heterocycles. The molecule has 0 spiro atoms. The van der Waals surface area contributed by atoms with E-state index in [0.29, 0.717) is 30.2 Å². The molecule has 1 amide bonds. The van der Waals surface area contributed by atoms with Crippen molar-refractivity contribution in [1.82, 2.24) is 14.5 Å². The Morgan fingerprint density at radius 1 is 1.09 bits per heavy atom. The van der Waals surface area contributed by atoms with Gasteiger partial charge < -0.3 is 5.32 Å². The maximum atomic E-state index is 14.1. The van der Waals surface area contributed by atoms with E-state index < -0.39 is 21.7 Å². The number of carbonyl (C=O) groups excluding carboxylic acids is 1. The van der Waals surface area contributed by atoms with Crippen LogP contribution in [0.25, 0.3) is 5.69 Å². The van der Waals surface area contributed by atoms with Crippen LogP contribution in [0.3, 0.4) is 0 Å². The maximum absolute atomic E-state index is 14.1. The van der Waals surface area contributed by atoms with Gasteiger partial charge in [-0.1, -0.05) is 24.6 Å². The fourth-order valence-corrected chi connectivity index (χ4v) is 4.74. The van der Waals surface area contributed by atoms with E-state index in [0.717, 1.165) is 19.3 Å². The first kappa shape index (κ1) is 22.7. The van der Waals surface area contributed by atoms with Crippen LogP contribution in [0.2, 0.25) is 0 Å². The summed E-state index contributed by atoms with van der Waals surface area (Å²) < 4.78 is 43.7. The number of nitrogens with zero attached hydrogens (tertiary/aromatic N) is 3. The number of aromatic nitrogens is 2. The average molecular weight is 470 g/mol. The van der Waals surface area contributed by atoms with Crippen LogP contribution in [-0.2, 0) is 10.0 Å². The normalized spacial score (nSPS) is 14.3. The molecule has 0 radical (unpaired) electrons. The van der Waals surface area contributed by atoms with Gasteiger partial charge in [0.15, 0.2) is 0 Å². The SMILES string of the molecule is Cc1c(C(=O)Nc2cccc(S(=O)(=O)NC3=NCCCCC3)c2)cnn1-c1ccccc1F. The number of halogens is 1. The number of hydrogen-bond donors (Lipinski definition) is 2. The van der Waals surface area contributed by atoms with Crippen molar-refractivity contribution in [3.63, 3.8) is 0 Å². The quantitative estimate of drug-likeness (QED) is 0.593. The van der Waals surface area contributed by atoms with E-state index in [9.17, 15) is 17.6 Å². The van der Waals surface area contributed by atoms with E-state index in [1.807, 2.05) is 0 Å². The van der Waals surface area contributed by atoms with E-state index in [1.54, 1.807) is 37.3 Å². The van der Waals surface area contributed by atoms with Crippen molar-refractivity contribution in [2.24, 2.45) is 4.99 Å². The third kappa shape index (κ3) is 5.11. The minimum absolute atomic E-state index is 0.0195. The summed E-state index contributed by atoms with van der Waals surface area (Å²) >= 11 is 0. The van der Waals surface area contributed by atoms with Crippen molar-refractivity contribution in [2.75, 3.05) is 11.9 Å². The molecule has 3 aromatic rings. The first-order chi connectivity index (χ1) is 15.8. The molecule has 0 aliphatic carbocycles. The lowest BCUT2D eigenvalue weighted by atomic mass is 10.2. The number of hydrogen-bond acceptors (Lipinski definition) is 5. The van der Waals surface area contributed by atoms with Crippen molar-refractivity contribution < 1.29 is 17.6 Å². The van der Waals surface area contributed by atoms with E-state index in [2.05, 4.69) is 20.1 Å². The molecule has 1 aliphatic heterocycles. The van der Waals surface area contributed by atoms with Crippen LogP contribution in [0.15, 0.2) is 64.6 Å². The summed E-state index contributed by atoms with van der Waals surface area (Å²) in [5, 5.41) is 6.83. The lowest BCUT2D eigenvalue weighted by Crippen LogP contribution is -2.30. The van der Waals surface area contributed by atoms with Crippen LogP contribution in [0.4, 0.5) is 10.1 Å². The van der Waals surface area contributed by atoms with Crippen LogP contribution in [0.5, 0.6) is 0 Å². The Balaban J connectivity index is 1.53. The van der Waals surface area contributed by atoms with E-state index in [-0.39, 0.29) is 16.1 Å². The zero-order valence-corrected chi connectivity index (χ0v) is 18.9. The summed E-state index contributed by atoms with van der Waals surface area (Å²) in [5.74, 6) is -0.483. The Morgan fingerprint density at radius 3 is 2.73 bits per heavy atom. The molecule has 2 N–H and O–H groups in total. The van der Waals surface area contributed by atoms with Gasteiger partial charge in [0, 0.05) is 18.7 Å². The maximum Gasteiger partial charge on any atom is 0.262 e.